The van der Waals surface area contributed by atoms with Crippen molar-refractivity contribution in [3.8, 4) is 11.8 Å². The molecule has 1 fully saturated rings. The smallest absolute Gasteiger partial charge is 0.303 e. The van der Waals surface area contributed by atoms with Crippen LogP contribution in [0.1, 0.15) is 26.7 Å². The molecule has 0 aromatic rings. The third-order valence-electron chi connectivity index (χ3n) is 2.15. The molecule has 0 aromatic heterocycles. The monoisotopic (exact) mass is 195 g/mol. The number of nitrogens with zero attached hydrogens (tertiary/aromatic N) is 1. The Hall–Kier alpha value is -1.01. The zero-order chi connectivity index (χ0) is 10.4. The number of likely N-dealkylation sites (tertiary alicyclic amines) is 1. The highest BCUT2D eigenvalue weighted by molar-refractivity contribution is 5.66. The second-order valence-electron chi connectivity index (χ2n) is 3.56. The van der Waals surface area contributed by atoms with Crippen LogP contribution in [0, 0.1) is 11.8 Å². The van der Waals surface area contributed by atoms with Gasteiger partial charge in [0.2, 0.25) is 0 Å². The molecule has 1 rings (SSSR count). The largest absolute Gasteiger partial charge is 0.450 e. The van der Waals surface area contributed by atoms with E-state index in [-0.39, 0.29) is 12.1 Å². The van der Waals surface area contributed by atoms with Gasteiger partial charge in [-0.25, -0.2) is 0 Å². The van der Waals surface area contributed by atoms with Crippen molar-refractivity contribution in [1.82, 2.24) is 4.90 Å². The summed E-state index contributed by atoms with van der Waals surface area (Å²) in [5.41, 5.74) is 0. The highest BCUT2D eigenvalue weighted by Gasteiger charge is 2.09. The van der Waals surface area contributed by atoms with E-state index in [1.165, 1.54) is 19.8 Å². The molecule has 0 unspecified atom stereocenters. The van der Waals surface area contributed by atoms with Crippen LogP contribution in [-0.4, -0.2) is 36.6 Å². The van der Waals surface area contributed by atoms with Gasteiger partial charge in [-0.05, 0) is 32.9 Å². The quantitative estimate of drug-likeness (QED) is 0.487. The lowest BCUT2D eigenvalue weighted by molar-refractivity contribution is -0.143. The third kappa shape index (κ3) is 4.29. The summed E-state index contributed by atoms with van der Waals surface area (Å²) >= 11 is 0. The first-order chi connectivity index (χ1) is 6.68. The van der Waals surface area contributed by atoms with Crippen molar-refractivity contribution in [2.75, 3.05) is 19.6 Å². The van der Waals surface area contributed by atoms with E-state index in [2.05, 4.69) is 16.7 Å². The topological polar surface area (TPSA) is 29.5 Å². The lowest BCUT2D eigenvalue weighted by Gasteiger charge is -2.09. The Kier molecular flexibility index (Phi) is 4.48. The summed E-state index contributed by atoms with van der Waals surface area (Å²) in [7, 11) is 0. The van der Waals surface area contributed by atoms with Gasteiger partial charge in [0.1, 0.15) is 0 Å². The predicted octanol–water partition coefficient (Wildman–Crippen LogP) is 1.04. The Morgan fingerprint density at radius 2 is 2.14 bits per heavy atom. The van der Waals surface area contributed by atoms with E-state index >= 15 is 0 Å². The second-order valence-corrected chi connectivity index (χ2v) is 3.56. The minimum absolute atomic E-state index is 0.270. The Labute approximate surface area is 85.4 Å². The molecule has 78 valence electrons. The maximum atomic E-state index is 10.6. The van der Waals surface area contributed by atoms with E-state index in [1.807, 2.05) is 0 Å². The van der Waals surface area contributed by atoms with Gasteiger partial charge in [0.25, 0.3) is 0 Å². The summed E-state index contributed by atoms with van der Waals surface area (Å²) in [4.78, 5) is 12.9. The molecule has 1 heterocycles. The van der Waals surface area contributed by atoms with E-state index in [0.717, 1.165) is 19.6 Å². The van der Waals surface area contributed by atoms with E-state index in [1.54, 1.807) is 6.92 Å². The zero-order valence-electron chi connectivity index (χ0n) is 8.88. The molecule has 0 aliphatic carbocycles. The van der Waals surface area contributed by atoms with E-state index in [4.69, 9.17) is 4.74 Å². The Bertz CT molecular complexity index is 246. The van der Waals surface area contributed by atoms with Gasteiger partial charge in [0, 0.05) is 6.92 Å². The average molecular weight is 195 g/mol. The van der Waals surface area contributed by atoms with Crippen LogP contribution in [0.5, 0.6) is 0 Å². The zero-order valence-corrected chi connectivity index (χ0v) is 8.88. The van der Waals surface area contributed by atoms with Crippen molar-refractivity contribution < 1.29 is 9.53 Å². The Morgan fingerprint density at radius 3 is 2.71 bits per heavy atom. The van der Waals surface area contributed by atoms with Crippen LogP contribution in [0.2, 0.25) is 0 Å². The first-order valence-electron chi connectivity index (χ1n) is 5.06. The summed E-state index contributed by atoms with van der Waals surface area (Å²) in [6, 6.07) is 0. The van der Waals surface area contributed by atoms with Crippen molar-refractivity contribution in [2.24, 2.45) is 0 Å². The maximum Gasteiger partial charge on any atom is 0.303 e. The summed E-state index contributed by atoms with van der Waals surface area (Å²) in [6.07, 6.45) is 2.28. The summed E-state index contributed by atoms with van der Waals surface area (Å²) in [6.45, 7) is 6.29. The van der Waals surface area contributed by atoms with Crippen LogP contribution in [0.25, 0.3) is 0 Å². The first-order valence-corrected chi connectivity index (χ1v) is 5.06. The second kappa shape index (κ2) is 5.66. The van der Waals surface area contributed by atoms with Gasteiger partial charge >= 0.3 is 5.97 Å². The van der Waals surface area contributed by atoms with E-state index in [0.29, 0.717) is 0 Å². The number of esters is 1. The van der Waals surface area contributed by atoms with Crippen LogP contribution >= 0.6 is 0 Å². The van der Waals surface area contributed by atoms with Gasteiger partial charge in [0.05, 0.1) is 6.54 Å². The van der Waals surface area contributed by atoms with Crippen molar-refractivity contribution in [2.45, 2.75) is 32.8 Å². The number of carbonyl (C=O) groups excluding carboxylic acids is 1. The molecule has 0 bridgehead atoms. The molecule has 1 saturated heterocycles. The van der Waals surface area contributed by atoms with Gasteiger partial charge in [-0.15, -0.1) is 0 Å². The molecule has 0 radical (unpaired) electrons. The van der Waals surface area contributed by atoms with Crippen molar-refractivity contribution >= 4 is 5.97 Å². The molecule has 1 atom stereocenters. The average Bonchev–Trinajstić information content (AvgIpc) is 2.55. The van der Waals surface area contributed by atoms with Crippen molar-refractivity contribution in [3.05, 3.63) is 0 Å². The maximum absolute atomic E-state index is 10.6. The Balaban J connectivity index is 2.21. The lowest BCUT2D eigenvalue weighted by Crippen LogP contribution is -2.19. The number of carbonyl (C=O) groups is 1. The number of hydrogen-bond donors (Lipinski definition) is 0. The fourth-order valence-electron chi connectivity index (χ4n) is 1.52. The molecule has 14 heavy (non-hydrogen) atoms. The molecule has 3 nitrogen and oxygen atoms in total. The van der Waals surface area contributed by atoms with Gasteiger partial charge < -0.3 is 4.74 Å². The first kappa shape index (κ1) is 11.1. The van der Waals surface area contributed by atoms with Gasteiger partial charge in [-0.3, -0.25) is 9.69 Å². The summed E-state index contributed by atoms with van der Waals surface area (Å²) < 4.78 is 4.88. The molecule has 0 amide bonds. The van der Waals surface area contributed by atoms with Gasteiger partial charge in [-0.1, -0.05) is 11.8 Å². The third-order valence-corrected chi connectivity index (χ3v) is 2.15. The van der Waals surface area contributed by atoms with E-state index in [9.17, 15) is 4.79 Å². The molecule has 3 heteroatoms. The highest BCUT2D eigenvalue weighted by Crippen LogP contribution is 2.05. The molecule has 1 aliphatic heterocycles. The molecular formula is C11H17NO2. The van der Waals surface area contributed by atoms with Crippen LogP contribution in [-0.2, 0) is 9.53 Å². The molecular weight excluding hydrogens is 178 g/mol. The number of rotatable bonds is 2. The fourth-order valence-corrected chi connectivity index (χ4v) is 1.52. The van der Waals surface area contributed by atoms with Crippen LogP contribution < -0.4 is 0 Å². The minimum atomic E-state index is -0.282. The molecule has 0 N–H and O–H groups in total. The summed E-state index contributed by atoms with van der Waals surface area (Å²) in [5.74, 6) is 5.67. The molecule has 0 aromatic carbocycles. The summed E-state index contributed by atoms with van der Waals surface area (Å²) in [5, 5.41) is 0. The van der Waals surface area contributed by atoms with Crippen molar-refractivity contribution in [3.63, 3.8) is 0 Å². The van der Waals surface area contributed by atoms with E-state index < -0.39 is 0 Å². The number of hydrogen-bond acceptors (Lipinski definition) is 3. The minimum Gasteiger partial charge on any atom is -0.450 e. The van der Waals surface area contributed by atoms with Crippen LogP contribution in [0.3, 0.4) is 0 Å². The molecule has 0 saturated carbocycles. The molecule has 0 spiro atoms. The predicted molar refractivity (Wildman–Crippen MR) is 54.7 cm³/mol. The molecule has 1 aliphatic rings. The van der Waals surface area contributed by atoms with Crippen LogP contribution in [0.4, 0.5) is 0 Å². The standard InChI is InChI=1S/C11H17NO2/c1-10(14-11(2)13)6-5-9-12-7-3-4-8-12/h10H,3-4,7-9H2,1-2H3/t10-/m0/s1. The lowest BCUT2D eigenvalue weighted by atomic mass is 10.4. The highest BCUT2D eigenvalue weighted by atomic mass is 16.5. The normalized spacial score (nSPS) is 18.4. The SMILES string of the molecule is CC(=O)O[C@@H](C)C#CCN1CCCC1. The van der Waals surface area contributed by atoms with Crippen molar-refractivity contribution in [1.29, 1.82) is 0 Å². The van der Waals surface area contributed by atoms with Crippen LogP contribution in [0.15, 0.2) is 0 Å². The van der Waals surface area contributed by atoms with Gasteiger partial charge in [0.15, 0.2) is 6.10 Å². The fraction of sp³-hybridized carbons (Fsp3) is 0.727. The number of ether oxygens (including phenoxy) is 1. The Morgan fingerprint density at radius 1 is 1.50 bits per heavy atom. The van der Waals surface area contributed by atoms with Gasteiger partial charge in [-0.2, -0.15) is 0 Å².